The number of anilines is 1. The van der Waals surface area contributed by atoms with E-state index in [0.29, 0.717) is 19.4 Å². The van der Waals surface area contributed by atoms with Gasteiger partial charge in [0.25, 0.3) is 0 Å². The van der Waals surface area contributed by atoms with Gasteiger partial charge in [0.05, 0.1) is 5.69 Å². The summed E-state index contributed by atoms with van der Waals surface area (Å²) in [6.07, 6.45) is 0.268. The number of nitrogens with two attached hydrogens (primary N) is 1. The molecule has 3 N–H and O–H groups in total. The first-order valence-corrected chi connectivity index (χ1v) is 6.81. The molecule has 1 aliphatic heterocycles. The number of rotatable bonds is 4. The van der Waals surface area contributed by atoms with Crippen molar-refractivity contribution in [1.82, 2.24) is 0 Å². The number of hydrogen-bond acceptors (Lipinski definition) is 4. The summed E-state index contributed by atoms with van der Waals surface area (Å²) in [5, 5.41) is 9.95. The fourth-order valence-electron chi connectivity index (χ4n) is 1.94. The zero-order valence-electron chi connectivity index (χ0n) is 9.80. The number of fused-ring (bicyclic) bond motifs is 1. The lowest BCUT2D eigenvalue weighted by Crippen LogP contribution is -2.43. The summed E-state index contributed by atoms with van der Waals surface area (Å²) in [6, 6.07) is 5.81. The SMILES string of the molecule is NC(=O)CCCN1c2cc(I)ccc2OCC1O. The van der Waals surface area contributed by atoms with Gasteiger partial charge < -0.3 is 20.5 Å². The molecule has 0 saturated carbocycles. The molecule has 2 rings (SSSR count). The second-order valence-electron chi connectivity index (χ2n) is 4.17. The van der Waals surface area contributed by atoms with Gasteiger partial charge in [0.1, 0.15) is 12.4 Å². The number of hydrogen-bond donors (Lipinski definition) is 2. The molecule has 1 amide bonds. The Morgan fingerprint density at radius 3 is 3.11 bits per heavy atom. The van der Waals surface area contributed by atoms with Crippen molar-refractivity contribution in [3.05, 3.63) is 21.8 Å². The van der Waals surface area contributed by atoms with Crippen molar-refractivity contribution in [2.45, 2.75) is 19.1 Å². The van der Waals surface area contributed by atoms with E-state index in [1.165, 1.54) is 0 Å². The third-order valence-corrected chi connectivity index (χ3v) is 3.47. The first-order chi connectivity index (χ1) is 8.58. The van der Waals surface area contributed by atoms with Crippen LogP contribution in [0.4, 0.5) is 5.69 Å². The van der Waals surface area contributed by atoms with E-state index in [1.807, 2.05) is 23.1 Å². The number of nitrogens with zero attached hydrogens (tertiary/aromatic N) is 1. The standard InChI is InChI=1S/C12H15IN2O3/c13-8-3-4-10-9(6-8)15(12(17)7-18-10)5-1-2-11(14)16/h3-4,6,12,17H,1-2,5,7H2,(H2,14,16). The van der Waals surface area contributed by atoms with E-state index in [9.17, 15) is 9.90 Å². The minimum absolute atomic E-state index is 0.240. The average molecular weight is 362 g/mol. The lowest BCUT2D eigenvalue weighted by molar-refractivity contribution is -0.118. The molecule has 6 heteroatoms. The van der Waals surface area contributed by atoms with Crippen molar-refractivity contribution in [2.75, 3.05) is 18.1 Å². The summed E-state index contributed by atoms with van der Waals surface area (Å²) >= 11 is 2.21. The number of primary amides is 1. The predicted octanol–water partition coefficient (Wildman–Crippen LogP) is 1.07. The molecule has 0 spiro atoms. The lowest BCUT2D eigenvalue weighted by Gasteiger charge is -2.35. The van der Waals surface area contributed by atoms with Gasteiger partial charge in [-0.05, 0) is 47.2 Å². The highest BCUT2D eigenvalue weighted by atomic mass is 127. The van der Waals surface area contributed by atoms with Gasteiger partial charge in [0.2, 0.25) is 5.91 Å². The number of aliphatic hydroxyl groups excluding tert-OH is 1. The number of carbonyl (C=O) groups excluding carboxylic acids is 1. The molecule has 1 unspecified atom stereocenters. The van der Waals surface area contributed by atoms with Crippen molar-refractivity contribution >= 4 is 34.2 Å². The van der Waals surface area contributed by atoms with Crippen LogP contribution in [0.2, 0.25) is 0 Å². The van der Waals surface area contributed by atoms with Gasteiger partial charge in [0, 0.05) is 16.5 Å². The summed E-state index contributed by atoms with van der Waals surface area (Å²) in [5.74, 6) is 0.445. The van der Waals surface area contributed by atoms with Crippen LogP contribution in [0.25, 0.3) is 0 Å². The van der Waals surface area contributed by atoms with Crippen LogP contribution in [0.15, 0.2) is 18.2 Å². The monoisotopic (exact) mass is 362 g/mol. The van der Waals surface area contributed by atoms with E-state index in [1.54, 1.807) is 0 Å². The van der Waals surface area contributed by atoms with Crippen LogP contribution < -0.4 is 15.4 Å². The molecule has 1 aromatic carbocycles. The Morgan fingerprint density at radius 1 is 1.61 bits per heavy atom. The highest BCUT2D eigenvalue weighted by molar-refractivity contribution is 14.1. The molecule has 1 aromatic rings. The quantitative estimate of drug-likeness (QED) is 0.786. The van der Waals surface area contributed by atoms with Crippen molar-refractivity contribution in [3.8, 4) is 5.75 Å². The first kappa shape index (κ1) is 13.4. The Balaban J connectivity index is 2.14. The average Bonchev–Trinajstić information content (AvgIpc) is 2.31. The minimum Gasteiger partial charge on any atom is -0.487 e. The summed E-state index contributed by atoms with van der Waals surface area (Å²) < 4.78 is 6.53. The van der Waals surface area contributed by atoms with E-state index in [2.05, 4.69) is 22.6 Å². The van der Waals surface area contributed by atoms with Gasteiger partial charge >= 0.3 is 0 Å². The molecular weight excluding hydrogens is 347 g/mol. The molecule has 18 heavy (non-hydrogen) atoms. The minimum atomic E-state index is -0.677. The number of ether oxygens (including phenoxy) is 1. The van der Waals surface area contributed by atoms with Gasteiger partial charge in [-0.3, -0.25) is 4.79 Å². The van der Waals surface area contributed by atoms with Gasteiger partial charge in [-0.15, -0.1) is 0 Å². The van der Waals surface area contributed by atoms with Crippen molar-refractivity contribution in [1.29, 1.82) is 0 Å². The highest BCUT2D eigenvalue weighted by Gasteiger charge is 2.25. The maximum atomic E-state index is 10.7. The third-order valence-electron chi connectivity index (χ3n) is 2.80. The van der Waals surface area contributed by atoms with Crippen LogP contribution in [0.3, 0.4) is 0 Å². The molecule has 0 aromatic heterocycles. The second-order valence-corrected chi connectivity index (χ2v) is 5.41. The van der Waals surface area contributed by atoms with Gasteiger partial charge in [-0.25, -0.2) is 0 Å². The van der Waals surface area contributed by atoms with Crippen molar-refractivity contribution in [3.63, 3.8) is 0 Å². The molecule has 5 nitrogen and oxygen atoms in total. The molecule has 1 heterocycles. The number of benzene rings is 1. The van der Waals surface area contributed by atoms with Gasteiger partial charge in [-0.1, -0.05) is 0 Å². The Bertz CT molecular complexity index is 453. The van der Waals surface area contributed by atoms with Crippen LogP contribution in [-0.4, -0.2) is 30.4 Å². The molecule has 1 aliphatic rings. The number of carbonyl (C=O) groups is 1. The van der Waals surface area contributed by atoms with Gasteiger partial charge in [0.15, 0.2) is 6.23 Å². The number of halogens is 1. The summed E-state index contributed by atoms with van der Waals surface area (Å²) in [7, 11) is 0. The maximum Gasteiger partial charge on any atom is 0.217 e. The van der Waals surface area contributed by atoms with E-state index in [4.69, 9.17) is 10.5 Å². The smallest absolute Gasteiger partial charge is 0.217 e. The molecule has 0 saturated heterocycles. The fourth-order valence-corrected chi connectivity index (χ4v) is 2.42. The van der Waals surface area contributed by atoms with E-state index in [0.717, 1.165) is 15.0 Å². The number of aliphatic hydroxyl groups is 1. The molecule has 98 valence electrons. The van der Waals surface area contributed by atoms with Crippen LogP contribution in [0.1, 0.15) is 12.8 Å². The zero-order chi connectivity index (χ0) is 13.1. The Kier molecular flexibility index (Phi) is 4.28. The normalized spacial score (nSPS) is 18.1. The fraction of sp³-hybridized carbons (Fsp3) is 0.417. The maximum absolute atomic E-state index is 10.7. The highest BCUT2D eigenvalue weighted by Crippen LogP contribution is 2.34. The van der Waals surface area contributed by atoms with E-state index in [-0.39, 0.29) is 12.5 Å². The largest absolute Gasteiger partial charge is 0.487 e. The Morgan fingerprint density at radius 2 is 2.39 bits per heavy atom. The molecule has 0 radical (unpaired) electrons. The Hall–Kier alpha value is -1.02. The van der Waals surface area contributed by atoms with Crippen molar-refractivity contribution < 1.29 is 14.6 Å². The summed E-state index contributed by atoms with van der Waals surface area (Å²) in [5.41, 5.74) is 5.98. The predicted molar refractivity (Wildman–Crippen MR) is 76.4 cm³/mol. The summed E-state index contributed by atoms with van der Waals surface area (Å²) in [6.45, 7) is 0.824. The number of amides is 1. The molecule has 0 aliphatic carbocycles. The van der Waals surface area contributed by atoms with Crippen LogP contribution >= 0.6 is 22.6 Å². The van der Waals surface area contributed by atoms with E-state index < -0.39 is 6.23 Å². The first-order valence-electron chi connectivity index (χ1n) is 5.73. The molecular formula is C12H15IN2O3. The topological polar surface area (TPSA) is 75.8 Å². The zero-order valence-corrected chi connectivity index (χ0v) is 12.0. The Labute approximate surface area is 119 Å². The second kappa shape index (κ2) is 5.75. The molecule has 0 fully saturated rings. The molecule has 0 bridgehead atoms. The lowest BCUT2D eigenvalue weighted by atomic mass is 10.2. The third kappa shape index (κ3) is 3.05. The van der Waals surface area contributed by atoms with Crippen LogP contribution in [-0.2, 0) is 4.79 Å². The van der Waals surface area contributed by atoms with E-state index >= 15 is 0 Å². The van der Waals surface area contributed by atoms with Crippen molar-refractivity contribution in [2.24, 2.45) is 5.73 Å². The summed E-state index contributed by atoms with van der Waals surface area (Å²) in [4.78, 5) is 12.6. The van der Waals surface area contributed by atoms with Crippen LogP contribution in [0.5, 0.6) is 5.75 Å². The molecule has 1 atom stereocenters. The van der Waals surface area contributed by atoms with Gasteiger partial charge in [-0.2, -0.15) is 0 Å². The van der Waals surface area contributed by atoms with Crippen LogP contribution in [0, 0.1) is 3.57 Å².